The van der Waals surface area contributed by atoms with Gasteiger partial charge in [0.1, 0.15) is 5.75 Å². The predicted molar refractivity (Wildman–Crippen MR) is 91.4 cm³/mol. The number of amides is 1. The topological polar surface area (TPSA) is 66.9 Å². The number of rotatable bonds is 5. The lowest BCUT2D eigenvalue weighted by Crippen LogP contribution is -2.43. The average Bonchev–Trinajstić information content (AvgIpc) is 3.14. The molecule has 1 unspecified atom stereocenters. The highest BCUT2D eigenvalue weighted by molar-refractivity contribution is 7.89. The van der Waals surface area contributed by atoms with Gasteiger partial charge in [0, 0.05) is 19.1 Å². The largest absolute Gasteiger partial charge is 0.496 e. The minimum atomic E-state index is -3.23. The summed E-state index contributed by atoms with van der Waals surface area (Å²) in [5.74, 6) is 0.905. The van der Waals surface area contributed by atoms with E-state index in [1.165, 1.54) is 4.31 Å². The van der Waals surface area contributed by atoms with Crippen molar-refractivity contribution < 1.29 is 17.9 Å². The predicted octanol–water partition coefficient (Wildman–Crippen LogP) is 1.26. The second-order valence-electron chi connectivity index (χ2n) is 6.40. The molecule has 0 aliphatic carbocycles. The summed E-state index contributed by atoms with van der Waals surface area (Å²) in [5, 5.41) is 0. The van der Waals surface area contributed by atoms with Crippen molar-refractivity contribution in [1.29, 1.82) is 0 Å². The van der Waals surface area contributed by atoms with Gasteiger partial charge in [0.15, 0.2) is 0 Å². The summed E-state index contributed by atoms with van der Waals surface area (Å²) < 4.78 is 30.5. The molecule has 1 atom stereocenters. The lowest BCUT2D eigenvalue weighted by Gasteiger charge is -2.27. The van der Waals surface area contributed by atoms with Gasteiger partial charge in [-0.15, -0.1) is 0 Å². The van der Waals surface area contributed by atoms with Gasteiger partial charge in [-0.2, -0.15) is 4.31 Å². The number of sulfonamides is 1. The highest BCUT2D eigenvalue weighted by atomic mass is 32.2. The molecule has 0 saturated carbocycles. The maximum atomic E-state index is 12.6. The van der Waals surface area contributed by atoms with E-state index in [0.29, 0.717) is 19.5 Å². The molecule has 0 spiro atoms. The maximum absolute atomic E-state index is 12.6. The maximum Gasteiger partial charge on any atom is 0.238 e. The molecule has 2 fully saturated rings. The monoisotopic (exact) mass is 352 g/mol. The molecule has 1 aromatic carbocycles. The highest BCUT2D eigenvalue weighted by Crippen LogP contribution is 2.26. The van der Waals surface area contributed by atoms with E-state index in [4.69, 9.17) is 4.74 Å². The van der Waals surface area contributed by atoms with Gasteiger partial charge in [-0.05, 0) is 37.3 Å². The Morgan fingerprint density at radius 2 is 2.04 bits per heavy atom. The van der Waals surface area contributed by atoms with Crippen molar-refractivity contribution in [3.63, 3.8) is 0 Å². The van der Waals surface area contributed by atoms with Crippen LogP contribution in [0.5, 0.6) is 5.75 Å². The van der Waals surface area contributed by atoms with Crippen LogP contribution in [0.25, 0.3) is 0 Å². The van der Waals surface area contributed by atoms with Gasteiger partial charge in [-0.25, -0.2) is 8.42 Å². The van der Waals surface area contributed by atoms with Crippen LogP contribution in [0.15, 0.2) is 24.3 Å². The summed E-state index contributed by atoms with van der Waals surface area (Å²) in [6.45, 7) is 1.14. The molecule has 132 valence electrons. The number of benzene rings is 1. The second kappa shape index (κ2) is 7.11. The zero-order valence-corrected chi connectivity index (χ0v) is 14.8. The summed E-state index contributed by atoms with van der Waals surface area (Å²) in [6, 6.07) is 7.95. The lowest BCUT2D eigenvalue weighted by atomic mass is 10.0. The molecule has 2 aliphatic heterocycles. The number of para-hydroxylation sites is 1. The molecule has 3 rings (SSSR count). The fourth-order valence-electron chi connectivity index (χ4n) is 3.61. The van der Waals surface area contributed by atoms with Gasteiger partial charge in [0.2, 0.25) is 15.9 Å². The molecule has 0 radical (unpaired) electrons. The second-order valence-corrected chi connectivity index (χ2v) is 8.49. The molecule has 24 heavy (non-hydrogen) atoms. The van der Waals surface area contributed by atoms with E-state index in [1.54, 1.807) is 7.11 Å². The van der Waals surface area contributed by atoms with Crippen molar-refractivity contribution in [3.05, 3.63) is 29.8 Å². The van der Waals surface area contributed by atoms with Crippen molar-refractivity contribution >= 4 is 15.9 Å². The number of carbonyl (C=O) groups excluding carboxylic acids is 1. The lowest BCUT2D eigenvalue weighted by molar-refractivity contribution is -0.132. The van der Waals surface area contributed by atoms with Crippen LogP contribution in [0.2, 0.25) is 0 Å². The zero-order chi connectivity index (χ0) is 17.2. The number of hydrogen-bond donors (Lipinski definition) is 0. The van der Waals surface area contributed by atoms with Crippen LogP contribution >= 0.6 is 0 Å². The first kappa shape index (κ1) is 17.2. The molecule has 1 aromatic rings. The van der Waals surface area contributed by atoms with Crippen LogP contribution in [0.4, 0.5) is 0 Å². The summed E-state index contributed by atoms with van der Waals surface area (Å²) in [5.41, 5.74) is 1.08. The molecule has 0 N–H and O–H groups in total. The fourth-order valence-corrected chi connectivity index (χ4v) is 5.08. The number of nitrogens with zero attached hydrogens (tertiary/aromatic N) is 2. The van der Waals surface area contributed by atoms with Crippen LogP contribution in [-0.4, -0.2) is 62.1 Å². The molecule has 0 aromatic heterocycles. The number of carbonyl (C=O) groups is 1. The SMILES string of the molecule is COc1ccccc1CC1CCCN1C(=O)CN1CCCS1(=O)=O. The van der Waals surface area contributed by atoms with Crippen molar-refractivity contribution in [2.45, 2.75) is 31.7 Å². The third kappa shape index (κ3) is 3.57. The first-order chi connectivity index (χ1) is 11.5. The van der Waals surface area contributed by atoms with Gasteiger partial charge >= 0.3 is 0 Å². The molecule has 6 nitrogen and oxygen atoms in total. The van der Waals surface area contributed by atoms with Gasteiger partial charge in [0.05, 0.1) is 19.4 Å². The van der Waals surface area contributed by atoms with Crippen LogP contribution < -0.4 is 4.74 Å². The highest BCUT2D eigenvalue weighted by Gasteiger charge is 2.34. The Morgan fingerprint density at radius 1 is 1.25 bits per heavy atom. The molecule has 2 saturated heterocycles. The minimum Gasteiger partial charge on any atom is -0.496 e. The van der Waals surface area contributed by atoms with E-state index in [9.17, 15) is 13.2 Å². The number of likely N-dealkylation sites (tertiary alicyclic amines) is 1. The van der Waals surface area contributed by atoms with E-state index in [1.807, 2.05) is 29.2 Å². The van der Waals surface area contributed by atoms with E-state index in [0.717, 1.165) is 30.6 Å². The van der Waals surface area contributed by atoms with Crippen molar-refractivity contribution in [1.82, 2.24) is 9.21 Å². The Balaban J connectivity index is 1.68. The first-order valence-electron chi connectivity index (χ1n) is 8.40. The van der Waals surface area contributed by atoms with E-state index < -0.39 is 10.0 Å². The van der Waals surface area contributed by atoms with Crippen molar-refractivity contribution in [2.75, 3.05) is 32.5 Å². The Labute approximate surface area is 143 Å². The van der Waals surface area contributed by atoms with Crippen molar-refractivity contribution in [2.24, 2.45) is 0 Å². The van der Waals surface area contributed by atoms with Gasteiger partial charge in [0.25, 0.3) is 0 Å². The quantitative estimate of drug-likeness (QED) is 0.800. The van der Waals surface area contributed by atoms with Gasteiger partial charge in [-0.3, -0.25) is 4.79 Å². The van der Waals surface area contributed by atoms with Crippen LogP contribution in [0.3, 0.4) is 0 Å². The number of ether oxygens (including phenoxy) is 1. The summed E-state index contributed by atoms with van der Waals surface area (Å²) in [6.07, 6.45) is 3.25. The standard InChI is InChI=1S/C17H24N2O4S/c1-23-16-8-3-2-6-14(16)12-15-7-4-10-19(15)17(20)13-18-9-5-11-24(18,21)22/h2-3,6,8,15H,4-5,7,9-13H2,1H3. The summed E-state index contributed by atoms with van der Waals surface area (Å²) in [7, 11) is -1.59. The molecular formula is C17H24N2O4S. The number of hydrogen-bond acceptors (Lipinski definition) is 4. The molecule has 0 bridgehead atoms. The fraction of sp³-hybridized carbons (Fsp3) is 0.588. The third-order valence-electron chi connectivity index (χ3n) is 4.86. The molecule has 7 heteroatoms. The first-order valence-corrected chi connectivity index (χ1v) is 10.0. The minimum absolute atomic E-state index is 0.0231. The normalized spacial score (nSPS) is 23.5. The smallest absolute Gasteiger partial charge is 0.238 e. The van der Waals surface area contributed by atoms with Gasteiger partial charge < -0.3 is 9.64 Å². The molecule has 1 amide bonds. The van der Waals surface area contributed by atoms with E-state index >= 15 is 0 Å². The van der Waals surface area contributed by atoms with E-state index in [2.05, 4.69) is 0 Å². The number of methoxy groups -OCH3 is 1. The molecular weight excluding hydrogens is 328 g/mol. The van der Waals surface area contributed by atoms with E-state index in [-0.39, 0.29) is 24.2 Å². The summed E-state index contributed by atoms with van der Waals surface area (Å²) in [4.78, 5) is 14.5. The van der Waals surface area contributed by atoms with Crippen molar-refractivity contribution in [3.8, 4) is 5.75 Å². The summed E-state index contributed by atoms with van der Waals surface area (Å²) >= 11 is 0. The Hall–Kier alpha value is -1.60. The third-order valence-corrected chi connectivity index (χ3v) is 6.76. The molecule has 2 heterocycles. The van der Waals surface area contributed by atoms with Crippen LogP contribution in [0, 0.1) is 0 Å². The van der Waals surface area contributed by atoms with Crippen LogP contribution in [-0.2, 0) is 21.2 Å². The van der Waals surface area contributed by atoms with Gasteiger partial charge in [-0.1, -0.05) is 18.2 Å². The zero-order valence-electron chi connectivity index (χ0n) is 14.0. The average molecular weight is 352 g/mol. The Bertz CT molecular complexity index is 704. The molecule has 2 aliphatic rings. The van der Waals surface area contributed by atoms with Crippen LogP contribution in [0.1, 0.15) is 24.8 Å². The Kier molecular flexibility index (Phi) is 5.10. The Morgan fingerprint density at radius 3 is 2.75 bits per heavy atom.